The van der Waals surface area contributed by atoms with Crippen LogP contribution in [0, 0.1) is 6.92 Å². The zero-order valence-electron chi connectivity index (χ0n) is 12.3. The molecule has 122 valence electrons. The van der Waals surface area contributed by atoms with Gasteiger partial charge in [0.2, 0.25) is 0 Å². The Morgan fingerprint density at radius 3 is 2.78 bits per heavy atom. The van der Waals surface area contributed by atoms with Gasteiger partial charge < -0.3 is 4.74 Å². The van der Waals surface area contributed by atoms with Crippen LogP contribution in [0.4, 0.5) is 0 Å². The van der Waals surface area contributed by atoms with Crippen molar-refractivity contribution in [3.05, 3.63) is 40.7 Å². The zero-order chi connectivity index (χ0) is 16.6. The number of carbonyl (C=O) groups excluding carboxylic acids is 1. The lowest BCUT2D eigenvalue weighted by atomic mass is 10.3. The van der Waals surface area contributed by atoms with E-state index in [1.165, 1.54) is 4.68 Å². The Balaban J connectivity index is 1.82. The Labute approximate surface area is 138 Å². The van der Waals surface area contributed by atoms with Crippen LogP contribution in [0.25, 0.3) is 5.69 Å². The standard InChI is InChI=1S/C14H14ClN3O4S/c1-9-13(14(19)22-10-6-7-23(20,21)8-10)16-17-18(9)12-5-3-2-4-11(12)15/h2-5,10H,6-8H2,1H3/t10-/m1/s1. The van der Waals surface area contributed by atoms with Crippen molar-refractivity contribution in [1.82, 2.24) is 15.0 Å². The number of carbonyl (C=O) groups is 1. The molecule has 2 heterocycles. The molecule has 1 aromatic heterocycles. The van der Waals surface area contributed by atoms with Gasteiger partial charge in [0.1, 0.15) is 6.10 Å². The summed E-state index contributed by atoms with van der Waals surface area (Å²) in [5, 5.41) is 8.25. The van der Waals surface area contributed by atoms with Gasteiger partial charge in [-0.05, 0) is 25.5 Å². The van der Waals surface area contributed by atoms with E-state index in [9.17, 15) is 13.2 Å². The van der Waals surface area contributed by atoms with E-state index in [0.717, 1.165) is 0 Å². The highest BCUT2D eigenvalue weighted by atomic mass is 35.5. The largest absolute Gasteiger partial charge is 0.456 e. The lowest BCUT2D eigenvalue weighted by Gasteiger charge is -2.09. The third-order valence-corrected chi connectivity index (χ3v) is 5.69. The fraction of sp³-hybridized carbons (Fsp3) is 0.357. The van der Waals surface area contributed by atoms with Crippen molar-refractivity contribution in [2.24, 2.45) is 0 Å². The maximum Gasteiger partial charge on any atom is 0.361 e. The Hall–Kier alpha value is -1.93. The second-order valence-corrected chi connectivity index (χ2v) is 7.95. The van der Waals surface area contributed by atoms with Gasteiger partial charge in [0, 0.05) is 0 Å². The number of nitrogens with zero attached hydrogens (tertiary/aromatic N) is 3. The molecule has 0 amide bonds. The molecule has 9 heteroatoms. The number of rotatable bonds is 3. The number of sulfone groups is 1. The third kappa shape index (κ3) is 3.23. The van der Waals surface area contributed by atoms with Gasteiger partial charge in [-0.15, -0.1) is 5.10 Å². The SMILES string of the molecule is Cc1c(C(=O)O[C@@H]2CCS(=O)(=O)C2)nnn1-c1ccccc1Cl. The molecule has 0 saturated carbocycles. The van der Waals surface area contributed by atoms with E-state index in [1.54, 1.807) is 31.2 Å². The van der Waals surface area contributed by atoms with Gasteiger partial charge in [0.15, 0.2) is 15.5 Å². The Bertz CT molecular complexity index is 863. The van der Waals surface area contributed by atoms with Crippen molar-refractivity contribution in [2.75, 3.05) is 11.5 Å². The van der Waals surface area contributed by atoms with Crippen LogP contribution in [-0.2, 0) is 14.6 Å². The topological polar surface area (TPSA) is 91.2 Å². The normalized spacial score (nSPS) is 19.7. The smallest absolute Gasteiger partial charge is 0.361 e. The summed E-state index contributed by atoms with van der Waals surface area (Å²) in [4.78, 5) is 12.2. The summed E-state index contributed by atoms with van der Waals surface area (Å²) < 4.78 is 29.5. The van der Waals surface area contributed by atoms with Crippen LogP contribution in [0.3, 0.4) is 0 Å². The monoisotopic (exact) mass is 355 g/mol. The van der Waals surface area contributed by atoms with Crippen molar-refractivity contribution in [3.63, 3.8) is 0 Å². The van der Waals surface area contributed by atoms with E-state index in [1.807, 2.05) is 0 Å². The molecule has 1 fully saturated rings. The average Bonchev–Trinajstić information content (AvgIpc) is 3.02. The zero-order valence-corrected chi connectivity index (χ0v) is 13.8. The van der Waals surface area contributed by atoms with Gasteiger partial charge >= 0.3 is 5.97 Å². The van der Waals surface area contributed by atoms with E-state index in [0.29, 0.717) is 22.8 Å². The molecule has 1 aliphatic rings. The van der Waals surface area contributed by atoms with Crippen LogP contribution >= 0.6 is 11.6 Å². The van der Waals surface area contributed by atoms with Crippen LogP contribution in [0.1, 0.15) is 22.6 Å². The first-order valence-corrected chi connectivity index (χ1v) is 9.16. The van der Waals surface area contributed by atoms with Gasteiger partial charge in [0.25, 0.3) is 0 Å². The van der Waals surface area contributed by atoms with E-state index in [2.05, 4.69) is 10.3 Å². The number of hydrogen-bond donors (Lipinski definition) is 0. The van der Waals surface area contributed by atoms with Crippen LogP contribution in [-0.4, -0.2) is 47.0 Å². The Kier molecular flexibility index (Phi) is 4.11. The predicted molar refractivity (Wildman–Crippen MR) is 83.6 cm³/mol. The highest BCUT2D eigenvalue weighted by molar-refractivity contribution is 7.91. The summed E-state index contributed by atoms with van der Waals surface area (Å²) in [7, 11) is -3.11. The molecular weight excluding hydrogens is 342 g/mol. The van der Waals surface area contributed by atoms with E-state index in [-0.39, 0.29) is 17.2 Å². The van der Waals surface area contributed by atoms with Crippen molar-refractivity contribution in [2.45, 2.75) is 19.4 Å². The summed E-state index contributed by atoms with van der Waals surface area (Å²) in [6, 6.07) is 7.04. The number of benzene rings is 1. The van der Waals surface area contributed by atoms with Crippen LogP contribution in [0.5, 0.6) is 0 Å². The fourth-order valence-corrected chi connectivity index (χ4v) is 4.24. The molecule has 7 nitrogen and oxygen atoms in total. The molecule has 1 aromatic carbocycles. The average molecular weight is 356 g/mol. The molecule has 0 N–H and O–H groups in total. The number of halogens is 1. The molecule has 3 rings (SSSR count). The van der Waals surface area contributed by atoms with Crippen molar-refractivity contribution in [1.29, 1.82) is 0 Å². The summed E-state index contributed by atoms with van der Waals surface area (Å²) in [6.45, 7) is 1.67. The number of esters is 1. The molecule has 0 radical (unpaired) electrons. The highest BCUT2D eigenvalue weighted by Gasteiger charge is 2.32. The minimum atomic E-state index is -3.11. The van der Waals surface area contributed by atoms with Gasteiger partial charge in [-0.25, -0.2) is 17.9 Å². The molecular formula is C14H14ClN3O4S. The van der Waals surface area contributed by atoms with Crippen LogP contribution in [0.2, 0.25) is 5.02 Å². The van der Waals surface area contributed by atoms with Crippen molar-refractivity contribution >= 4 is 27.4 Å². The highest BCUT2D eigenvalue weighted by Crippen LogP contribution is 2.22. The molecule has 0 aliphatic carbocycles. The first kappa shape index (κ1) is 15.9. The lowest BCUT2D eigenvalue weighted by molar-refractivity contribution is 0.0348. The second kappa shape index (κ2) is 5.93. The number of hydrogen-bond acceptors (Lipinski definition) is 6. The Morgan fingerprint density at radius 1 is 1.39 bits per heavy atom. The molecule has 1 aliphatic heterocycles. The van der Waals surface area contributed by atoms with Gasteiger partial charge in [-0.2, -0.15) is 0 Å². The first-order valence-electron chi connectivity index (χ1n) is 6.96. The molecule has 0 unspecified atom stereocenters. The van der Waals surface area contributed by atoms with E-state index in [4.69, 9.17) is 16.3 Å². The molecule has 1 saturated heterocycles. The lowest BCUT2D eigenvalue weighted by Crippen LogP contribution is -2.20. The first-order chi connectivity index (χ1) is 10.9. The van der Waals surface area contributed by atoms with E-state index >= 15 is 0 Å². The maximum absolute atomic E-state index is 12.2. The quantitative estimate of drug-likeness (QED) is 0.776. The van der Waals surface area contributed by atoms with Gasteiger partial charge in [-0.1, -0.05) is 28.9 Å². The summed E-state index contributed by atoms with van der Waals surface area (Å²) in [6.07, 6.45) is -0.316. The summed E-state index contributed by atoms with van der Waals surface area (Å²) in [5.41, 5.74) is 1.12. The van der Waals surface area contributed by atoms with Crippen molar-refractivity contribution in [3.8, 4) is 5.69 Å². The maximum atomic E-state index is 12.2. The summed E-state index contributed by atoms with van der Waals surface area (Å²) in [5.74, 6) is -0.782. The van der Waals surface area contributed by atoms with Crippen molar-refractivity contribution < 1.29 is 17.9 Å². The molecule has 1 atom stereocenters. The molecule has 0 bridgehead atoms. The minimum Gasteiger partial charge on any atom is -0.456 e. The molecule has 23 heavy (non-hydrogen) atoms. The second-order valence-electron chi connectivity index (χ2n) is 5.32. The molecule has 2 aromatic rings. The van der Waals surface area contributed by atoms with Crippen LogP contribution in [0.15, 0.2) is 24.3 Å². The third-order valence-electron chi connectivity index (χ3n) is 3.63. The molecule has 0 spiro atoms. The van der Waals surface area contributed by atoms with E-state index < -0.39 is 21.9 Å². The summed E-state index contributed by atoms with van der Waals surface area (Å²) >= 11 is 6.12. The number of para-hydroxylation sites is 1. The predicted octanol–water partition coefficient (Wildman–Crippen LogP) is 1.57. The fourth-order valence-electron chi connectivity index (χ4n) is 2.43. The van der Waals surface area contributed by atoms with Gasteiger partial charge in [-0.3, -0.25) is 0 Å². The Morgan fingerprint density at radius 2 is 2.13 bits per heavy atom. The number of aromatic nitrogens is 3. The van der Waals surface area contributed by atoms with Crippen LogP contribution < -0.4 is 0 Å². The number of ether oxygens (including phenoxy) is 1. The van der Waals surface area contributed by atoms with Gasteiger partial charge in [0.05, 0.1) is 27.9 Å². The minimum absolute atomic E-state index is 0.0379.